The Morgan fingerprint density at radius 3 is 2.62 bits per heavy atom. The molecule has 1 saturated carbocycles. The van der Waals surface area contributed by atoms with E-state index in [0.717, 1.165) is 40.7 Å². The van der Waals surface area contributed by atoms with Crippen LogP contribution in [0.25, 0.3) is 22.2 Å². The highest BCUT2D eigenvalue weighted by Gasteiger charge is 2.29. The number of hydrogen-bond acceptors (Lipinski definition) is 2. The molecular formula is C21H23N3O2. The van der Waals surface area contributed by atoms with Gasteiger partial charge in [-0.15, -0.1) is 0 Å². The highest BCUT2D eigenvalue weighted by molar-refractivity contribution is 6.07. The number of H-pyrrole nitrogens is 1. The summed E-state index contributed by atoms with van der Waals surface area (Å²) in [5.74, 6) is 0.502. The van der Waals surface area contributed by atoms with Gasteiger partial charge in [-0.1, -0.05) is 48.5 Å². The Morgan fingerprint density at radius 2 is 1.85 bits per heavy atom. The van der Waals surface area contributed by atoms with Crippen molar-refractivity contribution < 1.29 is 9.53 Å². The molecule has 1 fully saturated rings. The molecule has 5 nitrogen and oxygen atoms in total. The largest absolute Gasteiger partial charge is 0.381 e. The van der Waals surface area contributed by atoms with Gasteiger partial charge in [0.05, 0.1) is 17.5 Å². The Kier molecular flexibility index (Phi) is 4.63. The number of amides is 2. The van der Waals surface area contributed by atoms with E-state index in [1.165, 1.54) is 0 Å². The van der Waals surface area contributed by atoms with E-state index < -0.39 is 0 Å². The summed E-state index contributed by atoms with van der Waals surface area (Å²) in [6, 6.07) is 17.9. The quantitative estimate of drug-likeness (QED) is 0.640. The molecule has 0 unspecified atom stereocenters. The molecule has 134 valence electrons. The standard InChI is InChI=1S/C21H23N3O2/c1-26-16-11-14(12-16)13-22-21(25)24-20-17-9-5-6-10-18(17)23-19(20)15-7-3-2-4-8-15/h2-10,14,16,23H,11-13H2,1H3,(H2,22,24,25). The molecule has 0 saturated heterocycles. The molecule has 0 aliphatic heterocycles. The number of anilines is 1. The van der Waals surface area contributed by atoms with Crippen LogP contribution >= 0.6 is 0 Å². The Hall–Kier alpha value is -2.79. The lowest BCUT2D eigenvalue weighted by atomic mass is 9.82. The van der Waals surface area contributed by atoms with Crippen molar-refractivity contribution in [3.63, 3.8) is 0 Å². The SMILES string of the molecule is COC1CC(CNC(=O)Nc2c(-c3ccccc3)[nH]c3ccccc23)C1. The Balaban J connectivity index is 1.52. The van der Waals surface area contributed by atoms with Crippen LogP contribution < -0.4 is 10.6 Å². The van der Waals surface area contributed by atoms with Crippen LogP contribution in [0, 0.1) is 5.92 Å². The van der Waals surface area contributed by atoms with Crippen molar-refractivity contribution in [2.24, 2.45) is 5.92 Å². The van der Waals surface area contributed by atoms with Crippen LogP contribution in [0.1, 0.15) is 12.8 Å². The van der Waals surface area contributed by atoms with E-state index in [-0.39, 0.29) is 6.03 Å². The van der Waals surface area contributed by atoms with Crippen molar-refractivity contribution >= 4 is 22.6 Å². The number of methoxy groups -OCH3 is 1. The van der Waals surface area contributed by atoms with Crippen molar-refractivity contribution in [1.29, 1.82) is 0 Å². The number of fused-ring (bicyclic) bond motifs is 1. The molecule has 3 aromatic rings. The number of aromatic amines is 1. The first-order chi connectivity index (χ1) is 12.7. The fraction of sp³-hybridized carbons (Fsp3) is 0.286. The average Bonchev–Trinajstić information content (AvgIpc) is 3.00. The zero-order chi connectivity index (χ0) is 17.9. The number of aromatic nitrogens is 1. The second kappa shape index (κ2) is 7.22. The van der Waals surface area contributed by atoms with Crippen LogP contribution in [-0.4, -0.2) is 30.8 Å². The third kappa shape index (κ3) is 3.30. The zero-order valence-corrected chi connectivity index (χ0v) is 14.8. The van der Waals surface area contributed by atoms with Gasteiger partial charge in [-0.2, -0.15) is 0 Å². The first-order valence-electron chi connectivity index (χ1n) is 8.98. The van der Waals surface area contributed by atoms with Crippen molar-refractivity contribution in [3.05, 3.63) is 54.6 Å². The van der Waals surface area contributed by atoms with Gasteiger partial charge >= 0.3 is 6.03 Å². The molecule has 1 aliphatic carbocycles. The van der Waals surface area contributed by atoms with Gasteiger partial charge in [-0.3, -0.25) is 0 Å². The smallest absolute Gasteiger partial charge is 0.319 e. The number of benzene rings is 2. The molecule has 1 heterocycles. The second-order valence-corrected chi connectivity index (χ2v) is 6.82. The molecule has 26 heavy (non-hydrogen) atoms. The summed E-state index contributed by atoms with van der Waals surface area (Å²) < 4.78 is 5.29. The summed E-state index contributed by atoms with van der Waals surface area (Å²) in [5.41, 5.74) is 3.78. The minimum atomic E-state index is -0.173. The molecule has 1 aromatic heterocycles. The zero-order valence-electron chi connectivity index (χ0n) is 14.8. The van der Waals surface area contributed by atoms with Gasteiger partial charge in [-0.05, 0) is 24.8 Å². The average molecular weight is 349 g/mol. The van der Waals surface area contributed by atoms with E-state index in [4.69, 9.17) is 4.74 Å². The summed E-state index contributed by atoms with van der Waals surface area (Å²) in [5, 5.41) is 7.04. The number of rotatable bonds is 5. The van der Waals surface area contributed by atoms with Crippen LogP contribution in [0.3, 0.4) is 0 Å². The number of carbonyl (C=O) groups is 1. The lowest BCUT2D eigenvalue weighted by Crippen LogP contribution is -2.40. The fourth-order valence-corrected chi connectivity index (χ4v) is 3.52. The molecule has 0 spiro atoms. The summed E-state index contributed by atoms with van der Waals surface area (Å²) in [6.07, 6.45) is 2.38. The van der Waals surface area contributed by atoms with Gasteiger partial charge in [0.25, 0.3) is 0 Å². The maximum atomic E-state index is 12.5. The Morgan fingerprint density at radius 1 is 1.12 bits per heavy atom. The molecule has 2 amide bonds. The summed E-state index contributed by atoms with van der Waals surface area (Å²) in [4.78, 5) is 15.9. The minimum Gasteiger partial charge on any atom is -0.381 e. The predicted octanol–water partition coefficient (Wildman–Crippen LogP) is 4.38. The molecule has 0 bridgehead atoms. The first kappa shape index (κ1) is 16.7. The highest BCUT2D eigenvalue weighted by Crippen LogP contribution is 2.35. The Labute approximate surface area is 152 Å². The van der Waals surface area contributed by atoms with Gasteiger partial charge in [0.2, 0.25) is 0 Å². The summed E-state index contributed by atoms with van der Waals surface area (Å²) in [7, 11) is 1.74. The van der Waals surface area contributed by atoms with Gasteiger partial charge in [-0.25, -0.2) is 4.79 Å². The number of ether oxygens (including phenoxy) is 1. The topological polar surface area (TPSA) is 66.2 Å². The van der Waals surface area contributed by atoms with E-state index in [1.54, 1.807) is 7.11 Å². The summed E-state index contributed by atoms with van der Waals surface area (Å²) in [6.45, 7) is 0.675. The van der Waals surface area contributed by atoms with Crippen LogP contribution in [0.15, 0.2) is 54.6 Å². The van der Waals surface area contributed by atoms with Gasteiger partial charge in [0.15, 0.2) is 0 Å². The third-order valence-corrected chi connectivity index (χ3v) is 5.08. The summed E-state index contributed by atoms with van der Waals surface area (Å²) >= 11 is 0. The minimum absolute atomic E-state index is 0.173. The lowest BCUT2D eigenvalue weighted by Gasteiger charge is -2.34. The van der Waals surface area contributed by atoms with E-state index in [1.807, 2.05) is 54.6 Å². The van der Waals surface area contributed by atoms with Crippen molar-refractivity contribution in [2.45, 2.75) is 18.9 Å². The number of urea groups is 1. The Bertz CT molecular complexity index is 898. The van der Waals surface area contributed by atoms with Crippen LogP contribution in [0.2, 0.25) is 0 Å². The predicted molar refractivity (Wildman–Crippen MR) is 104 cm³/mol. The number of nitrogens with one attached hydrogen (secondary N) is 3. The van der Waals surface area contributed by atoms with E-state index in [0.29, 0.717) is 18.6 Å². The van der Waals surface area contributed by atoms with E-state index in [9.17, 15) is 4.79 Å². The van der Waals surface area contributed by atoms with Gasteiger partial charge in [0.1, 0.15) is 0 Å². The van der Waals surface area contributed by atoms with Crippen molar-refractivity contribution in [1.82, 2.24) is 10.3 Å². The maximum absolute atomic E-state index is 12.5. The molecule has 0 atom stereocenters. The third-order valence-electron chi connectivity index (χ3n) is 5.08. The maximum Gasteiger partial charge on any atom is 0.319 e. The van der Waals surface area contributed by atoms with Crippen LogP contribution in [0.5, 0.6) is 0 Å². The normalized spacial score (nSPS) is 19.1. The van der Waals surface area contributed by atoms with Crippen molar-refractivity contribution in [2.75, 3.05) is 19.0 Å². The number of hydrogen-bond donors (Lipinski definition) is 3. The first-order valence-corrected chi connectivity index (χ1v) is 8.98. The fourth-order valence-electron chi connectivity index (χ4n) is 3.52. The highest BCUT2D eigenvalue weighted by atomic mass is 16.5. The van der Waals surface area contributed by atoms with Crippen LogP contribution in [0.4, 0.5) is 10.5 Å². The van der Waals surface area contributed by atoms with E-state index >= 15 is 0 Å². The van der Waals surface area contributed by atoms with Gasteiger partial charge < -0.3 is 20.4 Å². The molecule has 4 rings (SSSR count). The molecule has 2 aromatic carbocycles. The molecular weight excluding hydrogens is 326 g/mol. The molecule has 3 N–H and O–H groups in total. The second-order valence-electron chi connectivity index (χ2n) is 6.82. The molecule has 5 heteroatoms. The lowest BCUT2D eigenvalue weighted by molar-refractivity contribution is 0.00255. The monoisotopic (exact) mass is 349 g/mol. The molecule has 1 aliphatic rings. The number of para-hydroxylation sites is 1. The van der Waals surface area contributed by atoms with E-state index in [2.05, 4.69) is 15.6 Å². The van der Waals surface area contributed by atoms with Gasteiger partial charge in [0, 0.05) is 30.1 Å². The number of carbonyl (C=O) groups excluding carboxylic acids is 1. The van der Waals surface area contributed by atoms with Crippen LogP contribution in [-0.2, 0) is 4.74 Å². The van der Waals surface area contributed by atoms with Crippen molar-refractivity contribution in [3.8, 4) is 11.3 Å². The molecule has 0 radical (unpaired) electrons.